The third-order valence-electron chi connectivity index (χ3n) is 2.87. The van der Waals surface area contributed by atoms with E-state index in [4.69, 9.17) is 10.4 Å². The van der Waals surface area contributed by atoms with Crippen molar-refractivity contribution in [1.82, 2.24) is 20.1 Å². The van der Waals surface area contributed by atoms with Crippen molar-refractivity contribution in [2.75, 3.05) is 5.73 Å². The molecule has 0 aliphatic carbocycles. The Labute approximate surface area is 103 Å². The molecule has 0 atom stereocenters. The molecule has 6 heteroatoms. The number of hydrogen-bond acceptors (Lipinski definition) is 5. The van der Waals surface area contributed by atoms with E-state index in [2.05, 4.69) is 29.3 Å². The first-order chi connectivity index (χ1) is 8.66. The average Bonchev–Trinajstić information content (AvgIpc) is 2.98. The van der Waals surface area contributed by atoms with Crippen LogP contribution in [0.25, 0.3) is 16.7 Å². The molecule has 0 bridgehead atoms. The lowest BCUT2D eigenvalue weighted by Gasteiger charge is -2.03. The molecule has 0 aliphatic heterocycles. The summed E-state index contributed by atoms with van der Waals surface area (Å²) in [7, 11) is 0. The van der Waals surface area contributed by atoms with Gasteiger partial charge in [0.05, 0.1) is 17.1 Å². The summed E-state index contributed by atoms with van der Waals surface area (Å²) in [6.07, 6.45) is 1.90. The molecule has 18 heavy (non-hydrogen) atoms. The quantitative estimate of drug-likeness (QED) is 0.697. The maximum atomic E-state index is 5.81. The zero-order valence-corrected chi connectivity index (χ0v) is 10.2. The van der Waals surface area contributed by atoms with Crippen LogP contribution in [0.3, 0.4) is 0 Å². The Balaban J connectivity index is 2.19. The minimum atomic E-state index is 0.381. The van der Waals surface area contributed by atoms with E-state index in [-0.39, 0.29) is 0 Å². The fourth-order valence-electron chi connectivity index (χ4n) is 1.84. The fourth-order valence-corrected chi connectivity index (χ4v) is 1.84. The second kappa shape index (κ2) is 3.83. The Hall–Kier alpha value is -2.37. The van der Waals surface area contributed by atoms with E-state index in [9.17, 15) is 0 Å². The largest absolute Gasteiger partial charge is 0.397 e. The van der Waals surface area contributed by atoms with E-state index in [1.165, 1.54) is 0 Å². The van der Waals surface area contributed by atoms with Crippen molar-refractivity contribution in [3.8, 4) is 5.69 Å². The number of aromatic nitrogens is 4. The van der Waals surface area contributed by atoms with Crippen molar-refractivity contribution < 1.29 is 4.63 Å². The summed E-state index contributed by atoms with van der Waals surface area (Å²) >= 11 is 0. The molecule has 0 spiro atoms. The van der Waals surface area contributed by atoms with Gasteiger partial charge in [0, 0.05) is 6.20 Å². The second-order valence-corrected chi connectivity index (χ2v) is 4.48. The van der Waals surface area contributed by atoms with Crippen LogP contribution in [0, 0.1) is 0 Å². The third kappa shape index (κ3) is 1.54. The molecule has 0 aliphatic rings. The number of rotatable bonds is 2. The first kappa shape index (κ1) is 10.8. The number of anilines is 1. The van der Waals surface area contributed by atoms with Crippen LogP contribution < -0.4 is 5.73 Å². The number of nitrogen functional groups attached to an aromatic ring is 1. The highest BCUT2D eigenvalue weighted by atomic mass is 16.6. The van der Waals surface area contributed by atoms with Gasteiger partial charge < -0.3 is 5.73 Å². The lowest BCUT2D eigenvalue weighted by molar-refractivity contribution is 0.315. The van der Waals surface area contributed by atoms with Crippen LogP contribution in [-0.4, -0.2) is 20.1 Å². The average molecular weight is 243 g/mol. The Kier molecular flexibility index (Phi) is 2.29. The van der Waals surface area contributed by atoms with Crippen LogP contribution in [0.15, 0.2) is 29.0 Å². The van der Waals surface area contributed by atoms with Gasteiger partial charge in [-0.15, -0.1) is 0 Å². The van der Waals surface area contributed by atoms with Gasteiger partial charge in [-0.2, -0.15) is 5.10 Å². The van der Waals surface area contributed by atoms with Crippen molar-refractivity contribution in [2.45, 2.75) is 19.8 Å². The van der Waals surface area contributed by atoms with Gasteiger partial charge in [0.2, 0.25) is 0 Å². The van der Waals surface area contributed by atoms with Crippen LogP contribution in [-0.2, 0) is 0 Å². The SMILES string of the molecule is CC(C)c1ccn(-c2ccc(N)c3nonc23)n1. The summed E-state index contributed by atoms with van der Waals surface area (Å²) in [4.78, 5) is 0. The van der Waals surface area contributed by atoms with Gasteiger partial charge in [0.15, 0.2) is 11.0 Å². The molecule has 3 aromatic rings. The van der Waals surface area contributed by atoms with Gasteiger partial charge in [-0.3, -0.25) is 0 Å². The molecule has 6 nitrogen and oxygen atoms in total. The third-order valence-corrected chi connectivity index (χ3v) is 2.87. The first-order valence-corrected chi connectivity index (χ1v) is 5.73. The van der Waals surface area contributed by atoms with Crippen molar-refractivity contribution in [1.29, 1.82) is 0 Å². The molecule has 0 radical (unpaired) electrons. The summed E-state index contributed by atoms with van der Waals surface area (Å²) in [5, 5.41) is 12.2. The fraction of sp³-hybridized carbons (Fsp3) is 0.250. The van der Waals surface area contributed by atoms with Gasteiger partial charge in [-0.1, -0.05) is 13.8 Å². The molecule has 2 N–H and O–H groups in total. The summed E-state index contributed by atoms with van der Waals surface area (Å²) in [5.41, 5.74) is 9.38. The standard InChI is InChI=1S/C12H13N5O/c1-7(2)9-5-6-17(14-9)10-4-3-8(13)11-12(10)16-18-15-11/h3-7H,13H2,1-2H3. The molecule has 0 saturated carbocycles. The van der Waals surface area contributed by atoms with Gasteiger partial charge in [-0.25, -0.2) is 9.31 Å². The van der Waals surface area contributed by atoms with Crippen molar-refractivity contribution in [3.63, 3.8) is 0 Å². The predicted molar refractivity (Wildman–Crippen MR) is 67.4 cm³/mol. The van der Waals surface area contributed by atoms with Crippen LogP contribution in [0.1, 0.15) is 25.5 Å². The van der Waals surface area contributed by atoms with Gasteiger partial charge >= 0.3 is 0 Å². The number of nitrogens with two attached hydrogens (primary N) is 1. The molecule has 0 fully saturated rings. The number of hydrogen-bond donors (Lipinski definition) is 1. The monoisotopic (exact) mass is 243 g/mol. The van der Waals surface area contributed by atoms with E-state index in [1.807, 2.05) is 18.3 Å². The minimum Gasteiger partial charge on any atom is -0.397 e. The van der Waals surface area contributed by atoms with E-state index >= 15 is 0 Å². The highest BCUT2D eigenvalue weighted by molar-refractivity contribution is 5.91. The zero-order valence-electron chi connectivity index (χ0n) is 10.2. The van der Waals surface area contributed by atoms with Gasteiger partial charge in [0.25, 0.3) is 0 Å². The molecular weight excluding hydrogens is 230 g/mol. The maximum absolute atomic E-state index is 5.81. The predicted octanol–water partition coefficient (Wildman–Crippen LogP) is 2.11. The molecule has 0 amide bonds. The first-order valence-electron chi connectivity index (χ1n) is 5.73. The van der Waals surface area contributed by atoms with E-state index in [0.29, 0.717) is 22.6 Å². The molecule has 92 valence electrons. The maximum Gasteiger partial charge on any atom is 0.162 e. The summed E-state index contributed by atoms with van der Waals surface area (Å²) in [5.74, 6) is 0.381. The highest BCUT2D eigenvalue weighted by Gasteiger charge is 2.13. The molecular formula is C12H13N5O. The van der Waals surface area contributed by atoms with Crippen molar-refractivity contribution in [2.24, 2.45) is 0 Å². The van der Waals surface area contributed by atoms with Crippen LogP contribution in [0.2, 0.25) is 0 Å². The Bertz CT molecular complexity index is 697. The smallest absolute Gasteiger partial charge is 0.162 e. The van der Waals surface area contributed by atoms with Gasteiger partial charge in [-0.05, 0) is 34.4 Å². The second-order valence-electron chi connectivity index (χ2n) is 4.48. The lowest BCUT2D eigenvalue weighted by Crippen LogP contribution is -1.99. The molecule has 2 heterocycles. The Morgan fingerprint density at radius 1 is 1.17 bits per heavy atom. The molecule has 0 saturated heterocycles. The summed E-state index contributed by atoms with van der Waals surface area (Å²) < 4.78 is 6.51. The van der Waals surface area contributed by atoms with E-state index in [0.717, 1.165) is 11.4 Å². The highest BCUT2D eigenvalue weighted by Crippen LogP contribution is 2.24. The topological polar surface area (TPSA) is 82.8 Å². The van der Waals surface area contributed by atoms with Gasteiger partial charge in [0.1, 0.15) is 0 Å². The Morgan fingerprint density at radius 3 is 2.67 bits per heavy atom. The Morgan fingerprint density at radius 2 is 1.94 bits per heavy atom. The zero-order chi connectivity index (χ0) is 12.7. The summed E-state index contributed by atoms with van der Waals surface area (Å²) in [6, 6.07) is 5.62. The molecule has 1 aromatic carbocycles. The summed E-state index contributed by atoms with van der Waals surface area (Å²) in [6.45, 7) is 4.20. The lowest BCUT2D eigenvalue weighted by atomic mass is 10.1. The normalized spacial score (nSPS) is 11.5. The molecule has 2 aromatic heterocycles. The molecule has 3 rings (SSSR count). The minimum absolute atomic E-state index is 0.381. The number of benzene rings is 1. The number of fused-ring (bicyclic) bond motifs is 1. The van der Waals surface area contributed by atoms with E-state index < -0.39 is 0 Å². The number of nitrogens with zero attached hydrogens (tertiary/aromatic N) is 4. The van der Waals surface area contributed by atoms with E-state index in [1.54, 1.807) is 10.7 Å². The van der Waals surface area contributed by atoms with Crippen molar-refractivity contribution >= 4 is 16.7 Å². The molecule has 0 unspecified atom stereocenters. The van der Waals surface area contributed by atoms with Crippen LogP contribution >= 0.6 is 0 Å². The van der Waals surface area contributed by atoms with Crippen LogP contribution in [0.5, 0.6) is 0 Å². The van der Waals surface area contributed by atoms with Crippen molar-refractivity contribution in [3.05, 3.63) is 30.1 Å². The van der Waals surface area contributed by atoms with Crippen LogP contribution in [0.4, 0.5) is 5.69 Å².